The molecule has 1 aliphatic heterocycles. The SMILES string of the molecule is CC(CCN)C1Oc2ccccc2O1. The summed E-state index contributed by atoms with van der Waals surface area (Å²) in [5.74, 6) is 2.00. The fourth-order valence-electron chi connectivity index (χ4n) is 1.55. The van der Waals surface area contributed by atoms with Crippen LogP contribution in [0.4, 0.5) is 0 Å². The molecule has 1 aliphatic rings. The minimum Gasteiger partial charge on any atom is -0.451 e. The van der Waals surface area contributed by atoms with Crippen molar-refractivity contribution in [1.29, 1.82) is 0 Å². The third kappa shape index (κ3) is 1.68. The van der Waals surface area contributed by atoms with E-state index < -0.39 is 0 Å². The predicted octanol–water partition coefficient (Wildman–Crippen LogP) is 1.77. The molecule has 1 aromatic rings. The predicted molar refractivity (Wildman–Crippen MR) is 54.3 cm³/mol. The zero-order valence-electron chi connectivity index (χ0n) is 8.27. The lowest BCUT2D eigenvalue weighted by Gasteiger charge is -2.17. The highest BCUT2D eigenvalue weighted by Crippen LogP contribution is 2.36. The zero-order chi connectivity index (χ0) is 9.97. The largest absolute Gasteiger partial charge is 0.451 e. The van der Waals surface area contributed by atoms with Crippen molar-refractivity contribution in [2.45, 2.75) is 19.6 Å². The maximum absolute atomic E-state index is 5.64. The van der Waals surface area contributed by atoms with E-state index in [-0.39, 0.29) is 6.29 Å². The second kappa shape index (κ2) is 3.88. The molecule has 3 nitrogen and oxygen atoms in total. The quantitative estimate of drug-likeness (QED) is 0.795. The number of hydrogen-bond acceptors (Lipinski definition) is 3. The molecule has 0 saturated carbocycles. The maximum atomic E-state index is 5.64. The third-order valence-electron chi connectivity index (χ3n) is 2.42. The van der Waals surface area contributed by atoms with Crippen molar-refractivity contribution in [2.24, 2.45) is 11.7 Å². The summed E-state index contributed by atoms with van der Waals surface area (Å²) < 4.78 is 11.3. The summed E-state index contributed by atoms with van der Waals surface area (Å²) >= 11 is 0. The molecule has 0 aromatic heterocycles. The van der Waals surface area contributed by atoms with E-state index in [1.54, 1.807) is 0 Å². The summed E-state index contributed by atoms with van der Waals surface area (Å²) in [4.78, 5) is 0. The summed E-state index contributed by atoms with van der Waals surface area (Å²) in [6.07, 6.45) is 0.745. The van der Waals surface area contributed by atoms with Crippen molar-refractivity contribution < 1.29 is 9.47 Å². The Hall–Kier alpha value is -1.22. The van der Waals surface area contributed by atoms with Gasteiger partial charge in [-0.05, 0) is 25.1 Å². The molecule has 0 aliphatic carbocycles. The van der Waals surface area contributed by atoms with E-state index in [9.17, 15) is 0 Å². The van der Waals surface area contributed by atoms with Crippen molar-refractivity contribution in [3.05, 3.63) is 24.3 Å². The van der Waals surface area contributed by atoms with Crippen LogP contribution in [0.2, 0.25) is 0 Å². The Morgan fingerprint density at radius 3 is 2.36 bits per heavy atom. The number of benzene rings is 1. The highest BCUT2D eigenvalue weighted by atomic mass is 16.7. The molecule has 1 atom stereocenters. The van der Waals surface area contributed by atoms with Crippen LogP contribution in [0.5, 0.6) is 11.5 Å². The van der Waals surface area contributed by atoms with Gasteiger partial charge < -0.3 is 15.2 Å². The summed E-state index contributed by atoms with van der Waals surface area (Å²) in [7, 11) is 0. The van der Waals surface area contributed by atoms with Crippen LogP contribution in [-0.2, 0) is 0 Å². The molecule has 0 fully saturated rings. The molecule has 0 amide bonds. The molecule has 0 radical (unpaired) electrons. The summed E-state index contributed by atoms with van der Waals surface area (Å²) in [5, 5.41) is 0. The van der Waals surface area contributed by atoms with Gasteiger partial charge in [-0.15, -0.1) is 0 Å². The Bertz CT molecular complexity index is 289. The van der Waals surface area contributed by atoms with E-state index in [0.717, 1.165) is 17.9 Å². The monoisotopic (exact) mass is 193 g/mol. The van der Waals surface area contributed by atoms with E-state index in [1.807, 2.05) is 24.3 Å². The molecule has 2 N–H and O–H groups in total. The van der Waals surface area contributed by atoms with Crippen molar-refractivity contribution >= 4 is 0 Å². The van der Waals surface area contributed by atoms with Crippen molar-refractivity contribution in [2.75, 3.05) is 6.54 Å². The third-order valence-corrected chi connectivity index (χ3v) is 2.42. The van der Waals surface area contributed by atoms with Crippen molar-refractivity contribution in [3.63, 3.8) is 0 Å². The first kappa shape index (κ1) is 9.34. The van der Waals surface area contributed by atoms with E-state index in [1.165, 1.54) is 0 Å². The summed E-state index contributed by atoms with van der Waals surface area (Å²) in [5.41, 5.74) is 5.49. The normalized spacial score (nSPS) is 17.0. The van der Waals surface area contributed by atoms with E-state index in [2.05, 4.69) is 6.92 Å². The van der Waals surface area contributed by atoms with Gasteiger partial charge in [0.15, 0.2) is 11.5 Å². The highest BCUT2D eigenvalue weighted by Gasteiger charge is 2.28. The van der Waals surface area contributed by atoms with Gasteiger partial charge in [0.2, 0.25) is 6.29 Å². The van der Waals surface area contributed by atoms with Gasteiger partial charge in [0.25, 0.3) is 0 Å². The smallest absolute Gasteiger partial charge is 0.244 e. The van der Waals surface area contributed by atoms with Crippen molar-refractivity contribution in [1.82, 2.24) is 0 Å². The molecule has 0 bridgehead atoms. The minimum absolute atomic E-state index is 0.170. The lowest BCUT2D eigenvalue weighted by Crippen LogP contribution is -2.28. The number of rotatable bonds is 3. The van der Waals surface area contributed by atoms with Crippen LogP contribution in [0.1, 0.15) is 13.3 Å². The van der Waals surface area contributed by atoms with Gasteiger partial charge in [0, 0.05) is 5.92 Å². The van der Waals surface area contributed by atoms with Crippen LogP contribution in [-0.4, -0.2) is 12.8 Å². The first-order valence-electron chi connectivity index (χ1n) is 4.93. The van der Waals surface area contributed by atoms with Crippen LogP contribution >= 0.6 is 0 Å². The number of ether oxygens (including phenoxy) is 2. The molecule has 76 valence electrons. The number of nitrogens with two attached hydrogens (primary N) is 1. The van der Waals surface area contributed by atoms with Crippen molar-refractivity contribution in [3.8, 4) is 11.5 Å². The van der Waals surface area contributed by atoms with E-state index in [0.29, 0.717) is 12.5 Å². The van der Waals surface area contributed by atoms with Crippen LogP contribution in [0, 0.1) is 5.92 Å². The molecular formula is C11H15NO2. The van der Waals surface area contributed by atoms with Gasteiger partial charge >= 0.3 is 0 Å². The Kier molecular flexibility index (Phi) is 2.59. The Labute approximate surface area is 83.8 Å². The number of hydrogen-bond donors (Lipinski definition) is 1. The fraction of sp³-hybridized carbons (Fsp3) is 0.455. The molecule has 1 aromatic carbocycles. The second-order valence-corrected chi connectivity index (χ2v) is 3.61. The molecule has 1 heterocycles. The van der Waals surface area contributed by atoms with E-state index in [4.69, 9.17) is 15.2 Å². The standard InChI is InChI=1S/C11H15NO2/c1-8(6-7-12)11-13-9-4-2-3-5-10(9)14-11/h2-5,8,11H,6-7,12H2,1H3. The summed E-state index contributed by atoms with van der Waals surface area (Å²) in [6.45, 7) is 2.75. The Morgan fingerprint density at radius 2 is 1.86 bits per heavy atom. The topological polar surface area (TPSA) is 44.5 Å². The maximum Gasteiger partial charge on any atom is 0.244 e. The lowest BCUT2D eigenvalue weighted by molar-refractivity contribution is 0.000515. The van der Waals surface area contributed by atoms with Crippen LogP contribution in [0.15, 0.2) is 24.3 Å². The van der Waals surface area contributed by atoms with Gasteiger partial charge in [-0.1, -0.05) is 19.1 Å². The molecule has 1 unspecified atom stereocenters. The lowest BCUT2D eigenvalue weighted by atomic mass is 10.1. The van der Waals surface area contributed by atoms with Gasteiger partial charge in [0.05, 0.1) is 0 Å². The van der Waals surface area contributed by atoms with Crippen LogP contribution < -0.4 is 15.2 Å². The minimum atomic E-state index is -0.170. The highest BCUT2D eigenvalue weighted by molar-refractivity contribution is 5.41. The molecule has 3 heteroatoms. The van der Waals surface area contributed by atoms with E-state index >= 15 is 0 Å². The van der Waals surface area contributed by atoms with Gasteiger partial charge in [-0.25, -0.2) is 0 Å². The average Bonchev–Trinajstić information content (AvgIpc) is 2.61. The van der Waals surface area contributed by atoms with Crippen LogP contribution in [0.3, 0.4) is 0 Å². The first-order chi connectivity index (χ1) is 6.81. The second-order valence-electron chi connectivity index (χ2n) is 3.61. The average molecular weight is 193 g/mol. The number of para-hydroxylation sites is 2. The molecular weight excluding hydrogens is 178 g/mol. The van der Waals surface area contributed by atoms with Gasteiger partial charge in [0.1, 0.15) is 0 Å². The number of fused-ring (bicyclic) bond motifs is 1. The Balaban J connectivity index is 2.04. The molecule has 14 heavy (non-hydrogen) atoms. The zero-order valence-corrected chi connectivity index (χ0v) is 8.27. The molecule has 0 spiro atoms. The first-order valence-corrected chi connectivity index (χ1v) is 4.93. The summed E-state index contributed by atoms with van der Waals surface area (Å²) in [6, 6.07) is 7.73. The Morgan fingerprint density at radius 1 is 1.29 bits per heavy atom. The fourth-order valence-corrected chi connectivity index (χ4v) is 1.55. The molecule has 0 saturated heterocycles. The van der Waals surface area contributed by atoms with Gasteiger partial charge in [-0.3, -0.25) is 0 Å². The van der Waals surface area contributed by atoms with Gasteiger partial charge in [-0.2, -0.15) is 0 Å². The molecule has 2 rings (SSSR count). The van der Waals surface area contributed by atoms with Crippen LogP contribution in [0.25, 0.3) is 0 Å².